The molecule has 88 valence electrons. The first-order chi connectivity index (χ1) is 7.66. The maximum atomic E-state index is 12.1. The van der Waals surface area contributed by atoms with Crippen molar-refractivity contribution < 1.29 is 8.42 Å². The quantitative estimate of drug-likeness (QED) is 0.756. The van der Waals surface area contributed by atoms with Crippen LogP contribution in [0.1, 0.15) is 31.7 Å². The van der Waals surface area contributed by atoms with Gasteiger partial charge < -0.3 is 0 Å². The highest BCUT2D eigenvalue weighted by molar-refractivity contribution is 7.89. The summed E-state index contributed by atoms with van der Waals surface area (Å²) in [4.78, 5) is 0.492. The van der Waals surface area contributed by atoms with Gasteiger partial charge in [0.1, 0.15) is 0 Å². The largest absolute Gasteiger partial charge is 0.243 e. The van der Waals surface area contributed by atoms with Crippen molar-refractivity contribution in [3.8, 4) is 0 Å². The fourth-order valence-corrected chi connectivity index (χ4v) is 3.71. The van der Waals surface area contributed by atoms with Crippen molar-refractivity contribution in [3.63, 3.8) is 0 Å². The van der Waals surface area contributed by atoms with Gasteiger partial charge in [-0.1, -0.05) is 38.0 Å². The number of benzene rings is 1. The lowest BCUT2D eigenvalue weighted by Crippen LogP contribution is -2.25. The normalized spacial score (nSPS) is 18.6. The van der Waals surface area contributed by atoms with Gasteiger partial charge in [0.05, 0.1) is 4.90 Å². The summed E-state index contributed by atoms with van der Waals surface area (Å²) in [6.45, 7) is 3.31. The number of unbranched alkanes of at least 4 members (excludes halogenated alkanes) is 2. The van der Waals surface area contributed by atoms with E-state index in [0.29, 0.717) is 18.0 Å². The molecule has 0 saturated carbocycles. The van der Waals surface area contributed by atoms with Gasteiger partial charge in [0.25, 0.3) is 0 Å². The predicted octanol–water partition coefficient (Wildman–Crippen LogP) is 2.38. The molecule has 0 fully saturated rings. The summed E-state index contributed by atoms with van der Waals surface area (Å²) in [7, 11) is -3.19. The molecule has 1 aromatic rings. The van der Waals surface area contributed by atoms with Crippen LogP contribution in [-0.4, -0.2) is 19.3 Å². The molecule has 1 aromatic carbocycles. The third-order valence-electron chi connectivity index (χ3n) is 2.95. The van der Waals surface area contributed by atoms with Crippen LogP contribution in [0.2, 0.25) is 0 Å². The van der Waals surface area contributed by atoms with E-state index in [1.54, 1.807) is 16.4 Å². The molecule has 0 spiro atoms. The zero-order chi connectivity index (χ0) is 11.6. The molecule has 0 amide bonds. The Hall–Kier alpha value is -0.870. The first-order valence-corrected chi connectivity index (χ1v) is 7.18. The molecule has 0 atom stereocenters. The third kappa shape index (κ3) is 1.99. The van der Waals surface area contributed by atoms with Crippen LogP contribution in [0.15, 0.2) is 29.2 Å². The highest BCUT2D eigenvalue weighted by atomic mass is 32.2. The summed E-state index contributed by atoms with van der Waals surface area (Å²) in [5.74, 6) is 0. The van der Waals surface area contributed by atoms with Crippen molar-refractivity contribution in [1.29, 1.82) is 0 Å². The highest BCUT2D eigenvalue weighted by Gasteiger charge is 2.33. The van der Waals surface area contributed by atoms with E-state index >= 15 is 0 Å². The average molecular weight is 239 g/mol. The van der Waals surface area contributed by atoms with Crippen molar-refractivity contribution >= 4 is 10.0 Å². The van der Waals surface area contributed by atoms with Gasteiger partial charge in [-0.3, -0.25) is 0 Å². The number of hydrogen-bond donors (Lipinski definition) is 0. The second-order valence-electron chi connectivity index (χ2n) is 4.15. The van der Waals surface area contributed by atoms with Gasteiger partial charge >= 0.3 is 0 Å². The van der Waals surface area contributed by atoms with E-state index in [9.17, 15) is 8.42 Å². The van der Waals surface area contributed by atoms with Crippen molar-refractivity contribution in [1.82, 2.24) is 4.31 Å². The molecule has 16 heavy (non-hydrogen) atoms. The molecule has 0 aliphatic carbocycles. The molecular weight excluding hydrogens is 222 g/mol. The summed E-state index contributed by atoms with van der Waals surface area (Å²) in [6.07, 6.45) is 3.15. The second-order valence-corrected chi connectivity index (χ2v) is 6.06. The van der Waals surface area contributed by atoms with E-state index in [-0.39, 0.29) is 0 Å². The maximum Gasteiger partial charge on any atom is 0.243 e. The molecule has 1 aliphatic heterocycles. The molecule has 1 heterocycles. The topological polar surface area (TPSA) is 37.4 Å². The summed E-state index contributed by atoms with van der Waals surface area (Å²) in [5.41, 5.74) is 0.930. The van der Waals surface area contributed by atoms with E-state index < -0.39 is 10.0 Å². The Morgan fingerprint density at radius 2 is 2.00 bits per heavy atom. The number of nitrogens with zero attached hydrogens (tertiary/aromatic N) is 1. The van der Waals surface area contributed by atoms with E-state index in [4.69, 9.17) is 0 Å². The molecule has 0 bridgehead atoms. The van der Waals surface area contributed by atoms with Crippen LogP contribution in [0.5, 0.6) is 0 Å². The first kappa shape index (κ1) is 11.6. The van der Waals surface area contributed by atoms with Gasteiger partial charge in [-0.05, 0) is 18.1 Å². The smallest absolute Gasteiger partial charge is 0.207 e. The Morgan fingerprint density at radius 3 is 2.69 bits per heavy atom. The summed E-state index contributed by atoms with van der Waals surface area (Å²) >= 11 is 0. The minimum Gasteiger partial charge on any atom is -0.207 e. The van der Waals surface area contributed by atoms with Gasteiger partial charge in [0, 0.05) is 13.1 Å². The SMILES string of the molecule is CCCCCN1Cc2ccccc2S1(=O)=O. The maximum absolute atomic E-state index is 12.1. The van der Waals surface area contributed by atoms with Crippen LogP contribution in [-0.2, 0) is 16.6 Å². The van der Waals surface area contributed by atoms with Crippen LogP contribution >= 0.6 is 0 Å². The number of sulfonamides is 1. The van der Waals surface area contributed by atoms with Crippen molar-refractivity contribution in [3.05, 3.63) is 29.8 Å². The fourth-order valence-electron chi connectivity index (χ4n) is 2.04. The molecule has 2 rings (SSSR count). The van der Waals surface area contributed by atoms with E-state index in [0.717, 1.165) is 24.8 Å². The molecule has 0 unspecified atom stereocenters. The van der Waals surface area contributed by atoms with Gasteiger partial charge in [-0.15, -0.1) is 0 Å². The van der Waals surface area contributed by atoms with Gasteiger partial charge in [0.2, 0.25) is 10.0 Å². The minimum absolute atomic E-state index is 0.492. The Kier molecular flexibility index (Phi) is 3.30. The van der Waals surface area contributed by atoms with E-state index in [1.165, 1.54) is 0 Å². The van der Waals surface area contributed by atoms with Crippen molar-refractivity contribution in [2.75, 3.05) is 6.54 Å². The molecule has 4 heteroatoms. The zero-order valence-electron chi connectivity index (χ0n) is 9.52. The van der Waals surface area contributed by atoms with Gasteiger partial charge in [-0.25, -0.2) is 8.42 Å². The molecular formula is C12H17NO2S. The second kappa shape index (κ2) is 4.55. The Balaban J connectivity index is 2.17. The van der Waals surface area contributed by atoms with Crippen molar-refractivity contribution in [2.24, 2.45) is 0 Å². The lowest BCUT2D eigenvalue weighted by molar-refractivity contribution is 0.411. The molecule has 0 saturated heterocycles. The third-order valence-corrected chi connectivity index (χ3v) is 4.89. The molecule has 0 N–H and O–H groups in total. The monoisotopic (exact) mass is 239 g/mol. The van der Waals surface area contributed by atoms with Gasteiger partial charge in [0.15, 0.2) is 0 Å². The van der Waals surface area contributed by atoms with E-state index in [1.807, 2.05) is 12.1 Å². The van der Waals surface area contributed by atoms with Crippen LogP contribution in [0.3, 0.4) is 0 Å². The summed E-state index contributed by atoms with van der Waals surface area (Å²) in [5, 5.41) is 0. The van der Waals surface area contributed by atoms with E-state index in [2.05, 4.69) is 6.92 Å². The van der Waals surface area contributed by atoms with Crippen LogP contribution in [0, 0.1) is 0 Å². The summed E-state index contributed by atoms with van der Waals surface area (Å²) < 4.78 is 25.8. The lowest BCUT2D eigenvalue weighted by atomic mass is 10.2. The Morgan fingerprint density at radius 1 is 1.25 bits per heavy atom. The zero-order valence-corrected chi connectivity index (χ0v) is 10.3. The van der Waals surface area contributed by atoms with Gasteiger partial charge in [-0.2, -0.15) is 4.31 Å². The number of fused-ring (bicyclic) bond motifs is 1. The molecule has 3 nitrogen and oxygen atoms in total. The highest BCUT2D eigenvalue weighted by Crippen LogP contribution is 2.29. The molecule has 1 aliphatic rings. The molecule has 0 radical (unpaired) electrons. The van der Waals surface area contributed by atoms with Crippen LogP contribution < -0.4 is 0 Å². The average Bonchev–Trinajstić information content (AvgIpc) is 2.52. The van der Waals surface area contributed by atoms with Crippen LogP contribution in [0.4, 0.5) is 0 Å². The predicted molar refractivity (Wildman–Crippen MR) is 63.6 cm³/mol. The summed E-state index contributed by atoms with van der Waals surface area (Å²) in [6, 6.07) is 7.27. The Bertz CT molecular complexity index is 468. The fraction of sp³-hybridized carbons (Fsp3) is 0.500. The Labute approximate surface area is 97.1 Å². The lowest BCUT2D eigenvalue weighted by Gasteiger charge is -2.13. The van der Waals surface area contributed by atoms with Crippen LogP contribution in [0.25, 0.3) is 0 Å². The standard InChI is InChI=1S/C12H17NO2S/c1-2-3-6-9-13-10-11-7-4-5-8-12(11)16(13,14)15/h4-5,7-8H,2-3,6,9-10H2,1H3. The number of hydrogen-bond acceptors (Lipinski definition) is 2. The minimum atomic E-state index is -3.19. The first-order valence-electron chi connectivity index (χ1n) is 5.74. The number of rotatable bonds is 4. The van der Waals surface area contributed by atoms with Crippen molar-refractivity contribution in [2.45, 2.75) is 37.6 Å². The molecule has 0 aromatic heterocycles.